The largest absolute Gasteiger partial charge is 0.356 e. The molecule has 5 heterocycles. The van der Waals surface area contributed by atoms with Crippen molar-refractivity contribution >= 4 is 62.3 Å². The zero-order valence-electron chi connectivity index (χ0n) is 21.1. The van der Waals surface area contributed by atoms with E-state index in [1.54, 1.807) is 11.0 Å². The predicted octanol–water partition coefficient (Wildman–Crippen LogP) is 3.84. The second-order valence-electron chi connectivity index (χ2n) is 10.0. The Morgan fingerprint density at radius 1 is 1.08 bits per heavy atom. The van der Waals surface area contributed by atoms with Crippen molar-refractivity contribution in [2.45, 2.75) is 31.7 Å². The molecule has 1 amide bonds. The molecule has 3 aliphatic rings. The molecule has 0 radical (unpaired) electrons. The van der Waals surface area contributed by atoms with E-state index in [1.807, 2.05) is 22.3 Å². The van der Waals surface area contributed by atoms with E-state index in [2.05, 4.69) is 20.6 Å². The molecule has 2 aromatic heterocycles. The lowest BCUT2D eigenvalue weighted by Crippen LogP contribution is -2.39. The number of carbonyl (C=O) groups excluding carboxylic acids is 1. The molecule has 13 heteroatoms. The van der Waals surface area contributed by atoms with Gasteiger partial charge in [-0.05, 0) is 43.9 Å². The van der Waals surface area contributed by atoms with E-state index < -0.39 is 10.0 Å². The van der Waals surface area contributed by atoms with Crippen molar-refractivity contribution in [3.63, 3.8) is 0 Å². The Labute approximate surface area is 231 Å². The summed E-state index contributed by atoms with van der Waals surface area (Å²) in [6.45, 7) is 3.51. The van der Waals surface area contributed by atoms with Gasteiger partial charge in [-0.25, -0.2) is 13.4 Å². The number of likely N-dealkylation sites (tertiary alicyclic amines) is 1. The summed E-state index contributed by atoms with van der Waals surface area (Å²) in [6.07, 6.45) is 4.82. The molecule has 3 fully saturated rings. The number of nitrogens with zero attached hydrogens (tertiary/aromatic N) is 6. The highest BCUT2D eigenvalue weighted by Crippen LogP contribution is 2.36. The number of hydrogen-bond acceptors (Lipinski definition) is 8. The van der Waals surface area contributed by atoms with E-state index in [1.165, 1.54) is 18.6 Å². The van der Waals surface area contributed by atoms with Crippen molar-refractivity contribution in [3.05, 3.63) is 46.6 Å². The average molecular weight is 576 g/mol. The maximum absolute atomic E-state index is 13.9. The van der Waals surface area contributed by atoms with Gasteiger partial charge in [-0.15, -0.1) is 11.8 Å². The van der Waals surface area contributed by atoms with E-state index in [-0.39, 0.29) is 23.2 Å². The molecular formula is C25H30ClN7O3S2. The van der Waals surface area contributed by atoms with Crippen molar-refractivity contribution in [2.24, 2.45) is 0 Å². The molecule has 1 unspecified atom stereocenters. The first-order valence-corrected chi connectivity index (χ1v) is 16.3. The lowest BCUT2D eigenvalue weighted by Gasteiger charge is -2.35. The van der Waals surface area contributed by atoms with Gasteiger partial charge in [0.15, 0.2) is 5.65 Å². The minimum atomic E-state index is -3.58. The summed E-state index contributed by atoms with van der Waals surface area (Å²) in [5, 5.41) is 5.37. The Hall–Kier alpha value is -2.70. The van der Waals surface area contributed by atoms with Gasteiger partial charge in [-0.2, -0.15) is 9.61 Å². The first kappa shape index (κ1) is 25.6. The minimum Gasteiger partial charge on any atom is -0.356 e. The van der Waals surface area contributed by atoms with E-state index in [4.69, 9.17) is 21.7 Å². The number of thioether (sulfide) groups is 1. The maximum atomic E-state index is 13.9. The molecule has 0 bridgehead atoms. The van der Waals surface area contributed by atoms with Gasteiger partial charge in [-0.3, -0.25) is 9.52 Å². The van der Waals surface area contributed by atoms with E-state index >= 15 is 0 Å². The highest BCUT2D eigenvalue weighted by molar-refractivity contribution is 7.99. The van der Waals surface area contributed by atoms with Crippen molar-refractivity contribution in [1.29, 1.82) is 0 Å². The number of sulfonamides is 1. The number of benzene rings is 1. The maximum Gasteiger partial charge on any atom is 0.256 e. The number of piperidine rings is 1. The van der Waals surface area contributed by atoms with Gasteiger partial charge < -0.3 is 14.7 Å². The first-order chi connectivity index (χ1) is 18.3. The van der Waals surface area contributed by atoms with Crippen LogP contribution in [0.2, 0.25) is 5.02 Å². The van der Waals surface area contributed by atoms with E-state index in [9.17, 15) is 13.2 Å². The molecule has 1 aromatic carbocycles. The fraction of sp³-hybridized carbons (Fsp3) is 0.480. The summed E-state index contributed by atoms with van der Waals surface area (Å²) in [5.41, 5.74) is 2.01. The fourth-order valence-corrected chi connectivity index (χ4v) is 6.98. The second-order valence-corrected chi connectivity index (χ2v) is 13.3. The summed E-state index contributed by atoms with van der Waals surface area (Å²) in [5.74, 6) is 3.70. The molecule has 10 nitrogen and oxygen atoms in total. The van der Waals surface area contributed by atoms with Gasteiger partial charge in [0.05, 0.1) is 35.1 Å². The number of hydrogen-bond donors (Lipinski definition) is 1. The number of nitrogens with one attached hydrogen (secondary N) is 1. The summed E-state index contributed by atoms with van der Waals surface area (Å²) < 4.78 is 28.3. The third-order valence-corrected chi connectivity index (χ3v) is 9.07. The standard InChI is InChI=1S/C25H30ClN7O3S2/c1-38(35,36)29-19-7-6-17(26)13-18(19)25(34)32-10-3-2-5-21(32)20-14-23-27-22(30-8-4-9-30)15-24(33(23)28-20)31-11-12-37-16-31/h6-7,13-15,21,29H,2-5,8-12,16H2,1H3. The van der Waals surface area contributed by atoms with Crippen LogP contribution < -0.4 is 14.5 Å². The SMILES string of the molecule is CS(=O)(=O)Nc1ccc(Cl)cc1C(=O)N1CCCCC1c1cc2nc(N3CCC3)cc(N3CCSC3)n2n1. The van der Waals surface area contributed by atoms with Gasteiger partial charge in [0.25, 0.3) is 5.91 Å². The van der Waals surface area contributed by atoms with Gasteiger partial charge >= 0.3 is 0 Å². The number of anilines is 3. The van der Waals surface area contributed by atoms with Crippen LogP contribution in [0, 0.1) is 0 Å². The third kappa shape index (κ3) is 5.01. The molecule has 3 saturated heterocycles. The average Bonchev–Trinajstić information content (AvgIpc) is 3.53. The smallest absolute Gasteiger partial charge is 0.256 e. The normalized spacial score (nSPS) is 20.2. The zero-order chi connectivity index (χ0) is 26.4. The van der Waals surface area contributed by atoms with Gasteiger partial charge in [0.1, 0.15) is 11.6 Å². The van der Waals surface area contributed by atoms with Crippen LogP contribution in [0.25, 0.3) is 5.65 Å². The third-order valence-electron chi connectivity index (χ3n) is 7.28. The molecule has 202 valence electrons. The van der Waals surface area contributed by atoms with Crippen LogP contribution in [0.1, 0.15) is 47.8 Å². The molecule has 1 N–H and O–H groups in total. The number of carbonyl (C=O) groups is 1. The fourth-order valence-electron chi connectivity index (χ4n) is 5.27. The van der Waals surface area contributed by atoms with Crippen molar-refractivity contribution in [1.82, 2.24) is 19.5 Å². The summed E-state index contributed by atoms with van der Waals surface area (Å²) in [6, 6.07) is 8.50. The highest BCUT2D eigenvalue weighted by Gasteiger charge is 2.33. The lowest BCUT2D eigenvalue weighted by atomic mass is 9.98. The molecule has 0 aliphatic carbocycles. The molecule has 6 rings (SSSR count). The van der Waals surface area contributed by atoms with Crippen LogP contribution >= 0.6 is 23.4 Å². The number of halogens is 1. The number of fused-ring (bicyclic) bond motifs is 1. The Bertz CT molecular complexity index is 1490. The molecule has 0 spiro atoms. The second kappa shape index (κ2) is 10.1. The Kier molecular flexibility index (Phi) is 6.81. The van der Waals surface area contributed by atoms with E-state index in [0.717, 1.165) is 79.8 Å². The molecule has 0 saturated carbocycles. The van der Waals surface area contributed by atoms with Crippen LogP contribution in [0.5, 0.6) is 0 Å². The monoisotopic (exact) mass is 575 g/mol. The Balaban J connectivity index is 1.39. The summed E-state index contributed by atoms with van der Waals surface area (Å²) in [7, 11) is -3.58. The molecule has 3 aliphatic heterocycles. The topological polar surface area (TPSA) is 103 Å². The van der Waals surface area contributed by atoms with Crippen LogP contribution in [0.3, 0.4) is 0 Å². The van der Waals surface area contributed by atoms with E-state index in [0.29, 0.717) is 11.6 Å². The van der Waals surface area contributed by atoms with Crippen LogP contribution in [-0.2, 0) is 10.0 Å². The number of amides is 1. The van der Waals surface area contributed by atoms with Gasteiger partial charge in [-0.1, -0.05) is 11.6 Å². The Morgan fingerprint density at radius 3 is 2.63 bits per heavy atom. The molecule has 3 aromatic rings. The lowest BCUT2D eigenvalue weighted by molar-refractivity contribution is 0.0607. The van der Waals surface area contributed by atoms with Crippen molar-refractivity contribution < 1.29 is 13.2 Å². The highest BCUT2D eigenvalue weighted by atomic mass is 35.5. The quantitative estimate of drug-likeness (QED) is 0.473. The summed E-state index contributed by atoms with van der Waals surface area (Å²) in [4.78, 5) is 25.2. The molecule has 38 heavy (non-hydrogen) atoms. The van der Waals surface area contributed by atoms with Crippen molar-refractivity contribution in [3.8, 4) is 0 Å². The number of aromatic nitrogens is 3. The van der Waals surface area contributed by atoms with Crippen LogP contribution in [0.15, 0.2) is 30.3 Å². The zero-order valence-corrected chi connectivity index (χ0v) is 23.5. The number of rotatable bonds is 6. The van der Waals surface area contributed by atoms with Crippen LogP contribution in [0.4, 0.5) is 17.3 Å². The minimum absolute atomic E-state index is 0.218. The Morgan fingerprint density at radius 2 is 1.92 bits per heavy atom. The molecule has 1 atom stereocenters. The van der Waals surface area contributed by atoms with Gasteiger partial charge in [0, 0.05) is 49.1 Å². The van der Waals surface area contributed by atoms with Crippen molar-refractivity contribution in [2.75, 3.05) is 58.6 Å². The van der Waals surface area contributed by atoms with Crippen LogP contribution in [-0.4, -0.2) is 77.9 Å². The predicted molar refractivity (Wildman–Crippen MR) is 152 cm³/mol. The van der Waals surface area contributed by atoms with Gasteiger partial charge in [0.2, 0.25) is 10.0 Å². The summed E-state index contributed by atoms with van der Waals surface area (Å²) >= 11 is 8.13. The molecular weight excluding hydrogens is 546 g/mol. The first-order valence-electron chi connectivity index (χ1n) is 12.8.